The van der Waals surface area contributed by atoms with Gasteiger partial charge >= 0.3 is 12.1 Å². The highest BCUT2D eigenvalue weighted by atomic mass is 32.1. The van der Waals surface area contributed by atoms with Gasteiger partial charge in [0.05, 0.1) is 18.2 Å². The number of amides is 1. The normalized spacial score (nSPS) is 12.0. The summed E-state index contributed by atoms with van der Waals surface area (Å²) in [6.45, 7) is 3.84. The smallest absolute Gasteiger partial charge is 0.413 e. The number of benzene rings is 2. The summed E-state index contributed by atoms with van der Waals surface area (Å²) in [5.41, 5.74) is 4.69. The zero-order valence-electron chi connectivity index (χ0n) is 20.5. The Labute approximate surface area is 222 Å². The summed E-state index contributed by atoms with van der Waals surface area (Å²) < 4.78 is 9.49. The summed E-state index contributed by atoms with van der Waals surface area (Å²) in [6, 6.07) is 19.7. The van der Waals surface area contributed by atoms with Crippen LogP contribution in [0.3, 0.4) is 0 Å². The first-order valence-electron chi connectivity index (χ1n) is 11.7. The lowest BCUT2D eigenvalue weighted by molar-refractivity contribution is -0.136. The van der Waals surface area contributed by atoms with Crippen molar-refractivity contribution in [1.29, 1.82) is 0 Å². The maximum atomic E-state index is 12.7. The molecule has 2 N–H and O–H groups in total. The maximum Gasteiger partial charge on any atom is 0.413 e. The number of nitrogens with zero attached hydrogens (tertiary/aromatic N) is 2. The Kier molecular flexibility index (Phi) is 6.82. The van der Waals surface area contributed by atoms with E-state index in [1.807, 2.05) is 62.4 Å². The SMILES string of the molecule is Cc1cc(CC(=O)O)ccc1-c1cc2sc(-c3cnn(C)c3NC(=O)OC(C)c3ccccc3)cc2s1. The molecule has 0 saturated carbocycles. The number of carboxylic acid groups (broad SMARTS) is 1. The number of nitrogens with one attached hydrogen (secondary N) is 1. The number of aliphatic carboxylic acids is 1. The first-order valence-corrected chi connectivity index (χ1v) is 13.3. The lowest BCUT2D eigenvalue weighted by Gasteiger charge is -2.14. The number of hydrogen-bond acceptors (Lipinski definition) is 6. The number of hydrogen-bond donors (Lipinski definition) is 2. The second-order valence-electron chi connectivity index (χ2n) is 8.78. The molecule has 7 nitrogen and oxygen atoms in total. The first kappa shape index (κ1) is 24.7. The molecule has 9 heteroatoms. The predicted octanol–water partition coefficient (Wildman–Crippen LogP) is 7.28. The molecule has 188 valence electrons. The van der Waals surface area contributed by atoms with Crippen molar-refractivity contribution in [3.05, 3.63) is 83.6 Å². The number of aryl methyl sites for hydroxylation is 2. The third-order valence-electron chi connectivity index (χ3n) is 6.10. The third-order valence-corrected chi connectivity index (χ3v) is 8.46. The molecule has 5 aromatic rings. The molecule has 0 fully saturated rings. The number of rotatable bonds is 7. The molecular formula is C28H25N3O4S2. The van der Waals surface area contributed by atoms with Crippen molar-refractivity contribution in [3.63, 3.8) is 0 Å². The number of carboxylic acids is 1. The van der Waals surface area contributed by atoms with E-state index in [4.69, 9.17) is 9.84 Å². The van der Waals surface area contributed by atoms with Crippen LogP contribution >= 0.6 is 22.7 Å². The Hall–Kier alpha value is -3.95. The number of fused-ring (bicyclic) bond motifs is 1. The second kappa shape index (κ2) is 10.2. The molecule has 3 aromatic heterocycles. The standard InChI is InChI=1S/C28H25N3O4S2/c1-16-11-18(12-26(32)33)9-10-20(16)22-13-24-25(36-22)14-23(37-24)21-15-29-31(3)27(21)30-28(34)35-17(2)19-7-5-4-6-8-19/h4-11,13-15,17H,12H2,1-3H3,(H,30,34)(H,32,33). The minimum absolute atomic E-state index is 0.0181. The summed E-state index contributed by atoms with van der Waals surface area (Å²) in [5, 5.41) is 16.3. The van der Waals surface area contributed by atoms with Gasteiger partial charge in [0.15, 0.2) is 0 Å². The van der Waals surface area contributed by atoms with Gasteiger partial charge in [-0.1, -0.05) is 48.5 Å². The number of ether oxygens (including phenoxy) is 1. The van der Waals surface area contributed by atoms with Crippen molar-refractivity contribution >= 4 is 50.0 Å². The first-order chi connectivity index (χ1) is 17.8. The van der Waals surface area contributed by atoms with Gasteiger partial charge in [-0.25, -0.2) is 4.79 Å². The van der Waals surface area contributed by atoms with Gasteiger partial charge in [0.25, 0.3) is 0 Å². The predicted molar refractivity (Wildman–Crippen MR) is 148 cm³/mol. The van der Waals surface area contributed by atoms with Crippen molar-refractivity contribution in [2.45, 2.75) is 26.4 Å². The number of anilines is 1. The van der Waals surface area contributed by atoms with E-state index in [1.165, 1.54) is 0 Å². The van der Waals surface area contributed by atoms with Crippen LogP contribution < -0.4 is 5.32 Å². The molecule has 0 aliphatic carbocycles. The minimum Gasteiger partial charge on any atom is -0.481 e. The van der Waals surface area contributed by atoms with E-state index in [9.17, 15) is 9.59 Å². The molecule has 1 amide bonds. The molecule has 5 rings (SSSR count). The summed E-state index contributed by atoms with van der Waals surface area (Å²) in [4.78, 5) is 25.8. The monoisotopic (exact) mass is 531 g/mol. The van der Waals surface area contributed by atoms with E-state index in [2.05, 4.69) is 22.5 Å². The van der Waals surface area contributed by atoms with Crippen molar-refractivity contribution in [1.82, 2.24) is 9.78 Å². The molecule has 0 bridgehead atoms. The van der Waals surface area contributed by atoms with Gasteiger partial charge in [0, 0.05) is 26.2 Å². The number of carbonyl (C=O) groups excluding carboxylic acids is 1. The highest BCUT2D eigenvalue weighted by Gasteiger charge is 2.19. The average molecular weight is 532 g/mol. The average Bonchev–Trinajstić information content (AvgIpc) is 3.53. The lowest BCUT2D eigenvalue weighted by Crippen LogP contribution is -2.18. The largest absolute Gasteiger partial charge is 0.481 e. The van der Waals surface area contributed by atoms with E-state index < -0.39 is 12.1 Å². The molecule has 0 aliphatic rings. The van der Waals surface area contributed by atoms with E-state index in [0.717, 1.165) is 47.0 Å². The molecular weight excluding hydrogens is 506 g/mol. The summed E-state index contributed by atoms with van der Waals surface area (Å²) >= 11 is 3.32. The Morgan fingerprint density at radius 3 is 2.35 bits per heavy atom. The molecule has 0 saturated heterocycles. The zero-order valence-corrected chi connectivity index (χ0v) is 22.2. The van der Waals surface area contributed by atoms with Crippen LogP contribution in [0.1, 0.15) is 29.7 Å². The fourth-order valence-corrected chi connectivity index (χ4v) is 6.73. The molecule has 0 spiro atoms. The maximum absolute atomic E-state index is 12.7. The second-order valence-corrected chi connectivity index (χ2v) is 11.0. The van der Waals surface area contributed by atoms with Gasteiger partial charge in [-0.3, -0.25) is 14.8 Å². The van der Waals surface area contributed by atoms with Crippen LogP contribution in [-0.2, 0) is 23.0 Å². The molecule has 0 aliphatic heterocycles. The van der Waals surface area contributed by atoms with Crippen LogP contribution in [0.2, 0.25) is 0 Å². The van der Waals surface area contributed by atoms with Crippen LogP contribution in [0.25, 0.3) is 30.3 Å². The van der Waals surface area contributed by atoms with Crippen LogP contribution in [0.4, 0.5) is 10.6 Å². The van der Waals surface area contributed by atoms with Crippen molar-refractivity contribution in [2.24, 2.45) is 7.05 Å². The van der Waals surface area contributed by atoms with Gasteiger partial charge in [0.2, 0.25) is 0 Å². The number of thiophene rings is 2. The highest BCUT2D eigenvalue weighted by molar-refractivity contribution is 7.31. The summed E-state index contributed by atoms with van der Waals surface area (Å²) in [5.74, 6) is -0.260. The lowest BCUT2D eigenvalue weighted by atomic mass is 10.0. The van der Waals surface area contributed by atoms with Gasteiger partial charge < -0.3 is 9.84 Å². The van der Waals surface area contributed by atoms with Gasteiger partial charge in [-0.15, -0.1) is 22.7 Å². The fourth-order valence-electron chi connectivity index (χ4n) is 4.23. The molecule has 0 radical (unpaired) electrons. The Morgan fingerprint density at radius 2 is 1.70 bits per heavy atom. The summed E-state index contributed by atoms with van der Waals surface area (Å²) in [6.07, 6.45) is 0.843. The van der Waals surface area contributed by atoms with Crippen molar-refractivity contribution < 1.29 is 19.4 Å². The van der Waals surface area contributed by atoms with Gasteiger partial charge in [0.1, 0.15) is 11.9 Å². The van der Waals surface area contributed by atoms with E-state index in [-0.39, 0.29) is 12.5 Å². The minimum atomic E-state index is -0.834. The summed E-state index contributed by atoms with van der Waals surface area (Å²) in [7, 11) is 1.78. The molecule has 2 aromatic carbocycles. The van der Waals surface area contributed by atoms with Crippen LogP contribution in [-0.4, -0.2) is 26.9 Å². The topological polar surface area (TPSA) is 93.5 Å². The molecule has 1 unspecified atom stereocenters. The van der Waals surface area contributed by atoms with Crippen LogP contribution in [0.5, 0.6) is 0 Å². The van der Waals surface area contributed by atoms with Gasteiger partial charge in [-0.05, 0) is 48.2 Å². The Bertz CT molecular complexity index is 1570. The third kappa shape index (κ3) is 5.28. The number of aromatic nitrogens is 2. The van der Waals surface area contributed by atoms with E-state index >= 15 is 0 Å². The van der Waals surface area contributed by atoms with Crippen molar-refractivity contribution in [3.8, 4) is 20.9 Å². The van der Waals surface area contributed by atoms with E-state index in [1.54, 1.807) is 40.6 Å². The fraction of sp³-hybridized carbons (Fsp3) is 0.179. The van der Waals surface area contributed by atoms with Crippen LogP contribution in [0.15, 0.2) is 66.9 Å². The van der Waals surface area contributed by atoms with E-state index in [0.29, 0.717) is 5.82 Å². The zero-order chi connectivity index (χ0) is 26.1. The van der Waals surface area contributed by atoms with Crippen LogP contribution in [0, 0.1) is 6.92 Å². The quantitative estimate of drug-likeness (QED) is 0.230. The Morgan fingerprint density at radius 1 is 1.03 bits per heavy atom. The Balaban J connectivity index is 1.36. The van der Waals surface area contributed by atoms with Crippen molar-refractivity contribution in [2.75, 3.05) is 5.32 Å². The van der Waals surface area contributed by atoms with Gasteiger partial charge in [-0.2, -0.15) is 5.10 Å². The highest BCUT2D eigenvalue weighted by Crippen LogP contribution is 2.44. The molecule has 3 heterocycles. The molecule has 1 atom stereocenters. The molecule has 37 heavy (non-hydrogen) atoms. The number of carbonyl (C=O) groups is 2.